The summed E-state index contributed by atoms with van der Waals surface area (Å²) in [6.07, 6.45) is 0. The SMILES string of the molecule is c1ccc2cc3c(cc2c1)c1ccccc1n3-c1ccc(-c2nc(-c3ccc4c(c3)oc3ccccc34)nc(-c3ccc4c(c3)oc3ccccc34)n2)cc1-c1cccc2c1sc1ccccc12. The molecule has 0 atom stereocenters. The van der Waals surface area contributed by atoms with E-state index in [4.69, 9.17) is 23.8 Å². The standard InChI is InChI=1S/C61H34N4O2S/c1-2-13-36-32-52-48(30-35(36)12-1)40-14-3-7-20-50(40)65(52)51-29-26-37(31-49(51)47-19-11-18-46-45-17-6-10-23-57(45)68-58(46)47)59-62-60(38-24-27-43-41-15-4-8-21-53(41)66-55(43)33-38)64-61(63-59)39-25-28-44-42-16-5-9-22-54(42)67-56(44)34-39/h1-34H. The van der Waals surface area contributed by atoms with Crippen LogP contribution in [0.3, 0.4) is 0 Å². The summed E-state index contributed by atoms with van der Waals surface area (Å²) in [6, 6.07) is 72.9. The molecular formula is C61H34N4O2S. The lowest BCUT2D eigenvalue weighted by Crippen LogP contribution is -2.02. The number of furan rings is 2. The fourth-order valence-corrected chi connectivity index (χ4v) is 11.7. The van der Waals surface area contributed by atoms with Gasteiger partial charge in [0.25, 0.3) is 0 Å². The van der Waals surface area contributed by atoms with E-state index in [1.54, 1.807) is 0 Å². The zero-order chi connectivity index (χ0) is 44.5. The summed E-state index contributed by atoms with van der Waals surface area (Å²) in [4.78, 5) is 15.9. The molecule has 0 fully saturated rings. The molecule has 0 saturated carbocycles. The van der Waals surface area contributed by atoms with Gasteiger partial charge in [0.05, 0.1) is 16.7 Å². The Morgan fingerprint density at radius 1 is 0.338 bits per heavy atom. The molecule has 68 heavy (non-hydrogen) atoms. The number of rotatable bonds is 5. The van der Waals surface area contributed by atoms with Crippen LogP contribution in [0.5, 0.6) is 0 Å². The van der Waals surface area contributed by atoms with Crippen molar-refractivity contribution < 1.29 is 8.83 Å². The third-order valence-electron chi connectivity index (χ3n) is 13.6. The van der Waals surface area contributed by atoms with Crippen LogP contribution in [0.1, 0.15) is 0 Å². The number of fused-ring (bicyclic) bond motifs is 13. The fourth-order valence-electron chi connectivity index (χ4n) is 10.5. The molecule has 0 N–H and O–H groups in total. The van der Waals surface area contributed by atoms with Crippen molar-refractivity contribution >= 4 is 108 Å². The monoisotopic (exact) mass is 886 g/mol. The van der Waals surface area contributed by atoms with Gasteiger partial charge >= 0.3 is 0 Å². The summed E-state index contributed by atoms with van der Waals surface area (Å²) in [5.74, 6) is 1.65. The summed E-state index contributed by atoms with van der Waals surface area (Å²) in [5.41, 5.74) is 11.3. The molecule has 0 aliphatic carbocycles. The van der Waals surface area contributed by atoms with E-state index in [9.17, 15) is 0 Å². The van der Waals surface area contributed by atoms with Crippen molar-refractivity contribution in [1.82, 2.24) is 19.5 Å². The van der Waals surface area contributed by atoms with Crippen molar-refractivity contribution in [2.45, 2.75) is 0 Å². The Morgan fingerprint density at radius 2 is 0.868 bits per heavy atom. The summed E-state index contributed by atoms with van der Waals surface area (Å²) in [7, 11) is 0. The number of hydrogen-bond donors (Lipinski definition) is 0. The van der Waals surface area contributed by atoms with E-state index in [0.717, 1.165) is 88.4 Å². The van der Waals surface area contributed by atoms with Crippen LogP contribution in [0.15, 0.2) is 215 Å². The first-order valence-corrected chi connectivity index (χ1v) is 23.6. The fraction of sp³-hybridized carbons (Fsp3) is 0. The van der Waals surface area contributed by atoms with E-state index in [0.29, 0.717) is 17.5 Å². The van der Waals surface area contributed by atoms with Crippen molar-refractivity contribution in [2.75, 3.05) is 0 Å². The van der Waals surface area contributed by atoms with Crippen molar-refractivity contribution in [3.8, 4) is 51.0 Å². The largest absolute Gasteiger partial charge is 0.456 e. The molecule has 0 radical (unpaired) electrons. The van der Waals surface area contributed by atoms with Gasteiger partial charge in [-0.25, -0.2) is 15.0 Å². The van der Waals surface area contributed by atoms with Gasteiger partial charge in [0, 0.05) is 80.3 Å². The first-order chi connectivity index (χ1) is 33.7. The maximum absolute atomic E-state index is 6.39. The van der Waals surface area contributed by atoms with Gasteiger partial charge in [0.1, 0.15) is 22.3 Å². The number of hydrogen-bond acceptors (Lipinski definition) is 6. The Morgan fingerprint density at radius 3 is 1.56 bits per heavy atom. The summed E-state index contributed by atoms with van der Waals surface area (Å²) >= 11 is 1.84. The third-order valence-corrected chi connectivity index (χ3v) is 14.9. The van der Waals surface area contributed by atoms with Crippen molar-refractivity contribution in [2.24, 2.45) is 0 Å². The highest BCUT2D eigenvalue weighted by atomic mass is 32.1. The van der Waals surface area contributed by atoms with E-state index in [-0.39, 0.29) is 0 Å². The summed E-state index contributed by atoms with van der Waals surface area (Å²) in [6.45, 7) is 0. The highest BCUT2D eigenvalue weighted by Crippen LogP contribution is 2.45. The Bertz CT molecular complexity index is 4460. The van der Waals surface area contributed by atoms with E-state index < -0.39 is 0 Å². The van der Waals surface area contributed by atoms with Gasteiger partial charge in [-0.1, -0.05) is 127 Å². The number of thiophene rings is 1. The van der Waals surface area contributed by atoms with Crippen molar-refractivity contribution in [3.05, 3.63) is 206 Å². The molecule has 15 aromatic rings. The third kappa shape index (κ3) is 5.60. The zero-order valence-electron chi connectivity index (χ0n) is 36.1. The van der Waals surface area contributed by atoms with Gasteiger partial charge in [-0.05, 0) is 89.6 Å². The van der Waals surface area contributed by atoms with Gasteiger partial charge in [-0.3, -0.25) is 0 Å². The molecule has 10 aromatic carbocycles. The van der Waals surface area contributed by atoms with Crippen LogP contribution >= 0.6 is 11.3 Å². The first-order valence-electron chi connectivity index (χ1n) is 22.7. The van der Waals surface area contributed by atoms with Crippen molar-refractivity contribution in [1.29, 1.82) is 0 Å². The second kappa shape index (κ2) is 14.3. The van der Waals surface area contributed by atoms with Crippen molar-refractivity contribution in [3.63, 3.8) is 0 Å². The molecule has 7 heteroatoms. The second-order valence-corrected chi connectivity index (χ2v) is 18.6. The van der Waals surface area contributed by atoms with Crippen LogP contribution in [0.4, 0.5) is 0 Å². The number of para-hydroxylation sites is 3. The van der Waals surface area contributed by atoms with Gasteiger partial charge < -0.3 is 13.4 Å². The molecule has 316 valence electrons. The Balaban J connectivity index is 0.998. The highest BCUT2D eigenvalue weighted by molar-refractivity contribution is 7.26. The zero-order valence-corrected chi connectivity index (χ0v) is 37.0. The molecule has 0 unspecified atom stereocenters. The summed E-state index contributed by atoms with van der Waals surface area (Å²) in [5, 5.41) is 11.6. The van der Waals surface area contributed by atoms with Gasteiger partial charge in [-0.15, -0.1) is 11.3 Å². The van der Waals surface area contributed by atoms with E-state index in [1.165, 1.54) is 41.7 Å². The minimum absolute atomic E-state index is 0.545. The number of nitrogens with zero attached hydrogens (tertiary/aromatic N) is 4. The van der Waals surface area contributed by atoms with Crippen LogP contribution in [-0.4, -0.2) is 19.5 Å². The lowest BCUT2D eigenvalue weighted by Gasteiger charge is -2.17. The predicted molar refractivity (Wildman–Crippen MR) is 281 cm³/mol. The molecule has 0 amide bonds. The first kappa shape index (κ1) is 37.3. The molecule has 6 nitrogen and oxygen atoms in total. The molecule has 15 rings (SSSR count). The Kier molecular flexibility index (Phi) is 7.85. The van der Waals surface area contributed by atoms with Crippen LogP contribution in [0, 0.1) is 0 Å². The van der Waals surface area contributed by atoms with E-state index >= 15 is 0 Å². The summed E-state index contributed by atoms with van der Waals surface area (Å²) < 4.78 is 17.7. The maximum Gasteiger partial charge on any atom is 0.164 e. The maximum atomic E-state index is 6.39. The van der Waals surface area contributed by atoms with Crippen LogP contribution < -0.4 is 0 Å². The molecule has 0 aliphatic heterocycles. The second-order valence-electron chi connectivity index (χ2n) is 17.5. The normalized spacial score (nSPS) is 12.1. The lowest BCUT2D eigenvalue weighted by atomic mass is 9.98. The Hall–Kier alpha value is -8.91. The molecule has 0 bridgehead atoms. The van der Waals surface area contributed by atoms with E-state index in [1.807, 2.05) is 59.9 Å². The molecule has 5 heterocycles. The van der Waals surface area contributed by atoms with Gasteiger partial charge in [0.2, 0.25) is 0 Å². The highest BCUT2D eigenvalue weighted by Gasteiger charge is 2.22. The lowest BCUT2D eigenvalue weighted by molar-refractivity contribution is 0.668. The quantitative estimate of drug-likeness (QED) is 0.172. The Labute approximate surface area is 391 Å². The van der Waals surface area contributed by atoms with Gasteiger partial charge in [-0.2, -0.15) is 0 Å². The van der Waals surface area contributed by atoms with Crippen LogP contribution in [0.25, 0.3) is 148 Å². The molecule has 0 aliphatic rings. The van der Waals surface area contributed by atoms with E-state index in [2.05, 4.69) is 162 Å². The molecule has 5 aromatic heterocycles. The van der Waals surface area contributed by atoms with Crippen LogP contribution in [-0.2, 0) is 0 Å². The predicted octanol–water partition coefficient (Wildman–Crippen LogP) is 17.0. The number of aromatic nitrogens is 4. The minimum Gasteiger partial charge on any atom is -0.456 e. The minimum atomic E-state index is 0.545. The van der Waals surface area contributed by atoms with Crippen LogP contribution in [0.2, 0.25) is 0 Å². The average Bonchev–Trinajstić information content (AvgIpc) is 4.16. The topological polar surface area (TPSA) is 69.9 Å². The number of benzene rings is 10. The smallest absolute Gasteiger partial charge is 0.164 e. The molecular weight excluding hydrogens is 853 g/mol. The van der Waals surface area contributed by atoms with Gasteiger partial charge in [0.15, 0.2) is 17.5 Å². The molecule has 0 saturated heterocycles. The molecule has 0 spiro atoms. The average molecular weight is 887 g/mol.